The molecule has 0 saturated carbocycles. The van der Waals surface area contributed by atoms with Crippen molar-refractivity contribution in [3.8, 4) is 29.5 Å². The first-order valence-electron chi connectivity index (χ1n) is 7.39. The van der Waals surface area contributed by atoms with Crippen molar-refractivity contribution in [3.05, 3.63) is 36.0 Å². The minimum atomic E-state index is -1.07. The summed E-state index contributed by atoms with van der Waals surface area (Å²) in [6.45, 7) is 2.27. The van der Waals surface area contributed by atoms with E-state index in [0.717, 1.165) is 0 Å². The van der Waals surface area contributed by atoms with Crippen molar-refractivity contribution in [1.29, 1.82) is 0 Å². The van der Waals surface area contributed by atoms with Gasteiger partial charge in [-0.2, -0.15) is 0 Å². The van der Waals surface area contributed by atoms with Gasteiger partial charge in [0.2, 0.25) is 0 Å². The second kappa shape index (κ2) is 7.83. The molecule has 0 bridgehead atoms. The van der Waals surface area contributed by atoms with Crippen molar-refractivity contribution in [2.24, 2.45) is 0 Å². The summed E-state index contributed by atoms with van der Waals surface area (Å²) in [5.41, 5.74) is 1.05. The van der Waals surface area contributed by atoms with E-state index in [-0.39, 0.29) is 11.8 Å². The van der Waals surface area contributed by atoms with Crippen LogP contribution in [0.2, 0.25) is 0 Å². The average Bonchev–Trinajstić information content (AvgIpc) is 2.59. The van der Waals surface area contributed by atoms with Gasteiger partial charge in [-0.25, -0.2) is 14.8 Å². The quantitative estimate of drug-likeness (QED) is 0.607. The van der Waals surface area contributed by atoms with Crippen LogP contribution in [-0.2, 0) is 0 Å². The first-order valence-corrected chi connectivity index (χ1v) is 7.39. The fourth-order valence-electron chi connectivity index (χ4n) is 2.09. The SMILES string of the molecule is C#Cc1ccc(O)c(-c2nccc(NC[C@@H](CC)NC(=O)O)n2)c1. The molecule has 4 N–H and O–H groups in total. The number of anilines is 1. The minimum absolute atomic E-state index is 0.0325. The number of amides is 1. The number of nitrogens with zero attached hydrogens (tertiary/aromatic N) is 2. The van der Waals surface area contributed by atoms with E-state index < -0.39 is 6.09 Å². The van der Waals surface area contributed by atoms with E-state index in [4.69, 9.17) is 11.5 Å². The molecule has 7 heteroatoms. The van der Waals surface area contributed by atoms with Crippen molar-refractivity contribution < 1.29 is 15.0 Å². The molecule has 2 rings (SSSR count). The molecule has 0 radical (unpaired) electrons. The predicted octanol–water partition coefficient (Wildman–Crippen LogP) is 2.29. The number of terminal acetylenes is 1. The topological polar surface area (TPSA) is 107 Å². The second-order valence-corrected chi connectivity index (χ2v) is 5.08. The Hall–Kier alpha value is -3.27. The number of carbonyl (C=O) groups is 1. The molecule has 0 spiro atoms. The predicted molar refractivity (Wildman–Crippen MR) is 90.8 cm³/mol. The molecule has 0 aliphatic heterocycles. The number of rotatable bonds is 6. The molecule has 7 nitrogen and oxygen atoms in total. The third-order valence-corrected chi connectivity index (χ3v) is 3.41. The maximum absolute atomic E-state index is 10.7. The number of hydrogen-bond donors (Lipinski definition) is 4. The summed E-state index contributed by atoms with van der Waals surface area (Å²) in [7, 11) is 0. The van der Waals surface area contributed by atoms with Crippen molar-refractivity contribution >= 4 is 11.9 Å². The van der Waals surface area contributed by atoms with Crippen LogP contribution < -0.4 is 10.6 Å². The molecule has 1 aromatic heterocycles. The smallest absolute Gasteiger partial charge is 0.404 e. The summed E-state index contributed by atoms with van der Waals surface area (Å²) in [6.07, 6.45) is 6.50. The van der Waals surface area contributed by atoms with E-state index in [1.165, 1.54) is 6.07 Å². The van der Waals surface area contributed by atoms with Gasteiger partial charge in [0.25, 0.3) is 0 Å². The summed E-state index contributed by atoms with van der Waals surface area (Å²) in [6, 6.07) is 6.19. The molecule has 0 fully saturated rings. The zero-order chi connectivity index (χ0) is 17.5. The van der Waals surface area contributed by atoms with E-state index in [1.54, 1.807) is 24.4 Å². The van der Waals surface area contributed by atoms with Gasteiger partial charge in [0.05, 0.1) is 5.56 Å². The van der Waals surface area contributed by atoms with Crippen LogP contribution in [0.1, 0.15) is 18.9 Å². The summed E-state index contributed by atoms with van der Waals surface area (Å²) in [5, 5.41) is 24.2. The van der Waals surface area contributed by atoms with E-state index in [9.17, 15) is 9.90 Å². The Morgan fingerprint density at radius 1 is 1.42 bits per heavy atom. The van der Waals surface area contributed by atoms with Crippen LogP contribution in [-0.4, -0.2) is 38.9 Å². The van der Waals surface area contributed by atoms with Crippen LogP contribution >= 0.6 is 0 Å². The molecular formula is C17H18N4O3. The van der Waals surface area contributed by atoms with E-state index in [2.05, 4.69) is 26.5 Å². The standard InChI is InChI=1S/C17H18N4O3/c1-3-11-5-6-14(22)13(9-11)16-18-8-7-15(21-16)19-10-12(4-2)20-17(23)24/h1,5-9,12,20,22H,4,10H2,2H3,(H,23,24)(H,18,19,21)/t12-/m1/s1. The summed E-state index contributed by atoms with van der Waals surface area (Å²) in [4.78, 5) is 19.2. The van der Waals surface area contributed by atoms with Gasteiger partial charge in [0.1, 0.15) is 11.6 Å². The zero-order valence-electron chi connectivity index (χ0n) is 13.2. The third kappa shape index (κ3) is 4.36. The van der Waals surface area contributed by atoms with Gasteiger partial charge in [0, 0.05) is 24.3 Å². The van der Waals surface area contributed by atoms with Crippen LogP contribution in [0.4, 0.5) is 10.6 Å². The lowest BCUT2D eigenvalue weighted by Crippen LogP contribution is -2.38. The molecule has 0 aliphatic carbocycles. The summed E-state index contributed by atoms with van der Waals surface area (Å²) < 4.78 is 0. The monoisotopic (exact) mass is 326 g/mol. The van der Waals surface area contributed by atoms with Gasteiger partial charge in [0.15, 0.2) is 5.82 Å². The maximum Gasteiger partial charge on any atom is 0.404 e. The molecule has 1 amide bonds. The lowest BCUT2D eigenvalue weighted by molar-refractivity contribution is 0.190. The molecule has 1 heterocycles. The number of benzene rings is 1. The van der Waals surface area contributed by atoms with E-state index in [0.29, 0.717) is 35.7 Å². The number of carboxylic acid groups (broad SMARTS) is 1. The Bertz CT molecular complexity index is 771. The van der Waals surface area contributed by atoms with Crippen LogP contribution in [0.3, 0.4) is 0 Å². The first-order chi connectivity index (χ1) is 11.5. The number of phenolic OH excluding ortho intramolecular Hbond substituents is 1. The van der Waals surface area contributed by atoms with Crippen molar-refractivity contribution in [3.63, 3.8) is 0 Å². The van der Waals surface area contributed by atoms with Gasteiger partial charge < -0.3 is 20.8 Å². The van der Waals surface area contributed by atoms with Crippen molar-refractivity contribution in [1.82, 2.24) is 15.3 Å². The molecule has 2 aromatic rings. The lowest BCUT2D eigenvalue weighted by Gasteiger charge is -2.16. The van der Waals surface area contributed by atoms with Crippen LogP contribution in [0.5, 0.6) is 5.75 Å². The molecule has 0 unspecified atom stereocenters. The third-order valence-electron chi connectivity index (χ3n) is 3.41. The molecule has 24 heavy (non-hydrogen) atoms. The van der Waals surface area contributed by atoms with Gasteiger partial charge >= 0.3 is 6.09 Å². The Morgan fingerprint density at radius 2 is 2.21 bits per heavy atom. The Labute approximate surface area is 139 Å². The van der Waals surface area contributed by atoms with Crippen LogP contribution in [0.15, 0.2) is 30.5 Å². The van der Waals surface area contributed by atoms with Gasteiger partial charge in [-0.1, -0.05) is 12.8 Å². The maximum atomic E-state index is 10.7. The largest absolute Gasteiger partial charge is 0.507 e. The summed E-state index contributed by atoms with van der Waals surface area (Å²) >= 11 is 0. The molecule has 1 aromatic carbocycles. The fourth-order valence-corrected chi connectivity index (χ4v) is 2.09. The molecular weight excluding hydrogens is 308 g/mol. The van der Waals surface area contributed by atoms with Crippen molar-refractivity contribution in [2.75, 3.05) is 11.9 Å². The number of aromatic hydroxyl groups is 1. The Morgan fingerprint density at radius 3 is 2.88 bits per heavy atom. The number of nitrogens with one attached hydrogen (secondary N) is 2. The molecule has 0 aliphatic rings. The van der Waals surface area contributed by atoms with Crippen LogP contribution in [0, 0.1) is 12.3 Å². The highest BCUT2D eigenvalue weighted by molar-refractivity contribution is 5.67. The zero-order valence-corrected chi connectivity index (χ0v) is 13.2. The van der Waals surface area contributed by atoms with Gasteiger partial charge in [-0.15, -0.1) is 6.42 Å². The Kier molecular flexibility index (Phi) is 5.58. The van der Waals surface area contributed by atoms with Crippen molar-refractivity contribution in [2.45, 2.75) is 19.4 Å². The van der Waals surface area contributed by atoms with E-state index in [1.807, 2.05) is 6.92 Å². The fraction of sp³-hybridized carbons (Fsp3) is 0.235. The molecule has 0 saturated heterocycles. The lowest BCUT2D eigenvalue weighted by atomic mass is 10.1. The first kappa shape index (κ1) is 17.1. The van der Waals surface area contributed by atoms with Crippen LogP contribution in [0.25, 0.3) is 11.4 Å². The van der Waals surface area contributed by atoms with Gasteiger partial charge in [-0.05, 0) is 30.7 Å². The number of aromatic nitrogens is 2. The molecule has 1 atom stereocenters. The summed E-state index contributed by atoms with van der Waals surface area (Å²) in [5.74, 6) is 3.38. The second-order valence-electron chi connectivity index (χ2n) is 5.08. The van der Waals surface area contributed by atoms with E-state index >= 15 is 0 Å². The highest BCUT2D eigenvalue weighted by Crippen LogP contribution is 2.27. The normalized spacial score (nSPS) is 11.3. The number of hydrogen-bond acceptors (Lipinski definition) is 5. The average molecular weight is 326 g/mol. The Balaban J connectivity index is 2.17. The number of phenols is 1. The van der Waals surface area contributed by atoms with Gasteiger partial charge in [-0.3, -0.25) is 0 Å². The minimum Gasteiger partial charge on any atom is -0.507 e. The highest BCUT2D eigenvalue weighted by atomic mass is 16.4. The highest BCUT2D eigenvalue weighted by Gasteiger charge is 2.11. The molecule has 124 valence electrons.